The van der Waals surface area contributed by atoms with E-state index in [1.807, 2.05) is 0 Å². The highest BCUT2D eigenvalue weighted by molar-refractivity contribution is 5.50. The van der Waals surface area contributed by atoms with Gasteiger partial charge in [-0.05, 0) is 6.07 Å². The Kier molecular flexibility index (Phi) is 3.68. The molecule has 0 fully saturated rings. The van der Waals surface area contributed by atoms with Crippen LogP contribution in [0.15, 0.2) is 18.2 Å². The molecule has 6 N–H and O–H groups in total. The molecule has 9 heteroatoms. The Morgan fingerprint density at radius 2 is 1.65 bits per heavy atom. The summed E-state index contributed by atoms with van der Waals surface area (Å²) in [6.45, 7) is 0. The maximum atomic E-state index is 10.8. The van der Waals surface area contributed by atoms with Crippen molar-refractivity contribution in [2.24, 2.45) is 17.2 Å². The zero-order valence-corrected chi connectivity index (χ0v) is 8.65. The smallest absolute Gasteiger partial charge is 0.281 e. The second kappa shape index (κ2) is 4.82. The Bertz CT molecular complexity index is 461. The van der Waals surface area contributed by atoms with E-state index in [1.165, 1.54) is 6.07 Å². The molecule has 17 heavy (non-hydrogen) atoms. The molecule has 0 aromatic heterocycles. The van der Waals surface area contributed by atoms with Gasteiger partial charge in [0.25, 0.3) is 11.4 Å². The van der Waals surface area contributed by atoms with Crippen LogP contribution in [0, 0.1) is 20.2 Å². The number of nitrogens with zero attached hydrogens (tertiary/aromatic N) is 2. The third kappa shape index (κ3) is 2.72. The molecule has 0 aliphatic rings. The van der Waals surface area contributed by atoms with E-state index < -0.39 is 33.4 Å². The summed E-state index contributed by atoms with van der Waals surface area (Å²) in [4.78, 5) is 19.8. The Morgan fingerprint density at radius 3 is 2.06 bits per heavy atom. The van der Waals surface area contributed by atoms with Crippen molar-refractivity contribution in [3.8, 4) is 0 Å². The van der Waals surface area contributed by atoms with Crippen molar-refractivity contribution in [1.29, 1.82) is 0 Å². The molecule has 0 radical (unpaired) electrons. The number of non-ortho nitro benzene ring substituents is 1. The molecule has 1 unspecified atom stereocenters. The van der Waals surface area contributed by atoms with E-state index in [0.717, 1.165) is 12.1 Å². The van der Waals surface area contributed by atoms with Crippen LogP contribution in [-0.4, -0.2) is 16.0 Å². The summed E-state index contributed by atoms with van der Waals surface area (Å²) in [6.07, 6.45) is -0.991. The summed E-state index contributed by atoms with van der Waals surface area (Å²) in [5.41, 5.74) is 15.5. The molecule has 0 aliphatic heterocycles. The third-order valence-electron chi connectivity index (χ3n) is 2.20. The topological polar surface area (TPSA) is 164 Å². The molecule has 0 spiro atoms. The van der Waals surface area contributed by atoms with Crippen molar-refractivity contribution < 1.29 is 9.85 Å². The summed E-state index contributed by atoms with van der Waals surface area (Å²) >= 11 is 0. The zero-order chi connectivity index (χ0) is 13.2. The van der Waals surface area contributed by atoms with E-state index in [0.29, 0.717) is 0 Å². The molecule has 0 heterocycles. The second-order valence-electron chi connectivity index (χ2n) is 3.36. The molecular formula is C8H11N5O4. The fraction of sp³-hybridized carbons (Fsp3) is 0.250. The van der Waals surface area contributed by atoms with Crippen molar-refractivity contribution in [2.75, 3.05) is 0 Å². The van der Waals surface area contributed by atoms with Gasteiger partial charge in [-0.15, -0.1) is 0 Å². The maximum absolute atomic E-state index is 10.8. The van der Waals surface area contributed by atoms with Crippen LogP contribution in [0.25, 0.3) is 0 Å². The first kappa shape index (κ1) is 13.0. The van der Waals surface area contributed by atoms with Crippen LogP contribution in [0.2, 0.25) is 0 Å². The van der Waals surface area contributed by atoms with Crippen LogP contribution in [0.1, 0.15) is 11.6 Å². The van der Waals surface area contributed by atoms with Gasteiger partial charge in [0, 0.05) is 11.6 Å². The largest absolute Gasteiger partial charge is 0.321 e. The number of nitro benzene ring substituents is 2. The summed E-state index contributed by atoms with van der Waals surface area (Å²) in [7, 11) is 0. The first-order valence-electron chi connectivity index (χ1n) is 4.54. The Hall–Kier alpha value is -2.10. The van der Waals surface area contributed by atoms with Gasteiger partial charge >= 0.3 is 0 Å². The quantitative estimate of drug-likeness (QED) is 0.371. The van der Waals surface area contributed by atoms with Crippen LogP contribution >= 0.6 is 0 Å². The summed E-state index contributed by atoms with van der Waals surface area (Å²) < 4.78 is 0. The first-order chi connectivity index (χ1) is 7.84. The molecule has 0 amide bonds. The van der Waals surface area contributed by atoms with Gasteiger partial charge < -0.3 is 17.2 Å². The highest BCUT2D eigenvalue weighted by Crippen LogP contribution is 2.28. The maximum Gasteiger partial charge on any atom is 0.281 e. The molecule has 0 aliphatic carbocycles. The van der Waals surface area contributed by atoms with E-state index >= 15 is 0 Å². The molecule has 0 bridgehead atoms. The van der Waals surface area contributed by atoms with Gasteiger partial charge in [-0.25, -0.2) is 0 Å². The van der Waals surface area contributed by atoms with Crippen LogP contribution in [0.4, 0.5) is 11.4 Å². The molecule has 0 saturated carbocycles. The molecule has 1 atom stereocenters. The van der Waals surface area contributed by atoms with Crippen molar-refractivity contribution in [1.82, 2.24) is 0 Å². The van der Waals surface area contributed by atoms with Crippen molar-refractivity contribution >= 4 is 11.4 Å². The summed E-state index contributed by atoms with van der Waals surface area (Å²) in [6, 6.07) is 2.17. The lowest BCUT2D eigenvalue weighted by atomic mass is 10.0. The van der Waals surface area contributed by atoms with Gasteiger partial charge in [0.15, 0.2) is 0 Å². The molecule has 92 valence electrons. The molecule has 1 aromatic rings. The van der Waals surface area contributed by atoms with Crippen LogP contribution < -0.4 is 17.2 Å². The predicted octanol–water partition coefficient (Wildman–Crippen LogP) is -0.254. The number of benzene rings is 1. The fourth-order valence-electron chi connectivity index (χ4n) is 1.29. The van der Waals surface area contributed by atoms with Crippen molar-refractivity contribution in [3.05, 3.63) is 44.0 Å². The van der Waals surface area contributed by atoms with Crippen molar-refractivity contribution in [3.63, 3.8) is 0 Å². The normalized spacial score (nSPS) is 12.5. The lowest BCUT2D eigenvalue weighted by Crippen LogP contribution is -2.41. The number of hydrogen-bond acceptors (Lipinski definition) is 7. The Balaban J connectivity index is 3.32. The van der Waals surface area contributed by atoms with E-state index in [2.05, 4.69) is 0 Å². The van der Waals surface area contributed by atoms with E-state index in [-0.39, 0.29) is 5.56 Å². The van der Waals surface area contributed by atoms with E-state index in [1.54, 1.807) is 0 Å². The van der Waals surface area contributed by atoms with Crippen LogP contribution in [0.3, 0.4) is 0 Å². The summed E-state index contributed by atoms with van der Waals surface area (Å²) in [5.74, 6) is 0. The fourth-order valence-corrected chi connectivity index (χ4v) is 1.29. The average Bonchev–Trinajstić information content (AvgIpc) is 2.26. The van der Waals surface area contributed by atoms with Crippen molar-refractivity contribution in [2.45, 2.75) is 12.2 Å². The highest BCUT2D eigenvalue weighted by Gasteiger charge is 2.25. The molecule has 1 rings (SSSR count). The molecule has 1 aromatic carbocycles. The van der Waals surface area contributed by atoms with E-state index in [9.17, 15) is 20.2 Å². The number of nitrogens with two attached hydrogens (primary N) is 3. The SMILES string of the molecule is NC(N)C(N)c1ccc([N+](=O)[O-])cc1[N+](=O)[O-]. The Labute approximate surface area is 95.5 Å². The van der Waals surface area contributed by atoms with Gasteiger partial charge in [0.05, 0.1) is 28.1 Å². The lowest BCUT2D eigenvalue weighted by molar-refractivity contribution is -0.394. The van der Waals surface area contributed by atoms with Crippen LogP contribution in [0.5, 0.6) is 0 Å². The van der Waals surface area contributed by atoms with Gasteiger partial charge in [0.1, 0.15) is 0 Å². The third-order valence-corrected chi connectivity index (χ3v) is 2.20. The average molecular weight is 241 g/mol. The monoisotopic (exact) mass is 241 g/mol. The highest BCUT2D eigenvalue weighted by atomic mass is 16.6. The van der Waals surface area contributed by atoms with Gasteiger partial charge in [-0.3, -0.25) is 20.2 Å². The molecule has 9 nitrogen and oxygen atoms in total. The number of nitro groups is 2. The minimum atomic E-state index is -0.991. The zero-order valence-electron chi connectivity index (χ0n) is 8.65. The minimum Gasteiger partial charge on any atom is -0.321 e. The standard InChI is InChI=1S/C8H11N5O4/c9-7(8(10)11)5-2-1-4(12(14)15)3-6(5)13(16)17/h1-3,7-8H,9-11H2. The van der Waals surface area contributed by atoms with Gasteiger partial charge in [0.2, 0.25) is 0 Å². The van der Waals surface area contributed by atoms with Crippen LogP contribution in [-0.2, 0) is 0 Å². The Morgan fingerprint density at radius 1 is 1.06 bits per heavy atom. The molecular weight excluding hydrogens is 230 g/mol. The first-order valence-corrected chi connectivity index (χ1v) is 4.54. The second-order valence-corrected chi connectivity index (χ2v) is 3.36. The van der Waals surface area contributed by atoms with Gasteiger partial charge in [-0.1, -0.05) is 0 Å². The lowest BCUT2D eigenvalue weighted by Gasteiger charge is -2.15. The minimum absolute atomic E-state index is 0.0654. The summed E-state index contributed by atoms with van der Waals surface area (Å²) in [5, 5.41) is 21.3. The predicted molar refractivity (Wildman–Crippen MR) is 58.8 cm³/mol. The number of rotatable bonds is 4. The molecule has 0 saturated heterocycles. The number of hydrogen-bond donors (Lipinski definition) is 3. The van der Waals surface area contributed by atoms with Gasteiger partial charge in [-0.2, -0.15) is 0 Å². The van der Waals surface area contributed by atoms with E-state index in [4.69, 9.17) is 17.2 Å².